The van der Waals surface area contributed by atoms with Crippen LogP contribution < -0.4 is 5.32 Å². The van der Waals surface area contributed by atoms with Crippen LogP contribution in [0.25, 0.3) is 0 Å². The van der Waals surface area contributed by atoms with Gasteiger partial charge in [0, 0.05) is 13.2 Å². The molecule has 0 bridgehead atoms. The summed E-state index contributed by atoms with van der Waals surface area (Å²) in [5.74, 6) is 0. The van der Waals surface area contributed by atoms with Crippen molar-refractivity contribution < 1.29 is 4.74 Å². The molecule has 88 valence electrons. The molecule has 0 saturated carbocycles. The summed E-state index contributed by atoms with van der Waals surface area (Å²) >= 11 is 0. The van der Waals surface area contributed by atoms with Crippen molar-refractivity contribution >= 4 is 0 Å². The molecular formula is C14H21NO. The lowest BCUT2D eigenvalue weighted by atomic mass is 10.0. The van der Waals surface area contributed by atoms with E-state index in [-0.39, 0.29) is 0 Å². The molecule has 2 atom stereocenters. The molecule has 2 nitrogen and oxygen atoms in total. The average molecular weight is 219 g/mol. The van der Waals surface area contributed by atoms with Crippen molar-refractivity contribution in [2.24, 2.45) is 0 Å². The summed E-state index contributed by atoms with van der Waals surface area (Å²) in [4.78, 5) is 0. The fraction of sp³-hybridized carbons (Fsp3) is 0.571. The Hall–Kier alpha value is -0.860. The van der Waals surface area contributed by atoms with E-state index in [0.717, 1.165) is 13.0 Å². The van der Waals surface area contributed by atoms with Crippen molar-refractivity contribution in [1.82, 2.24) is 5.32 Å². The molecule has 0 amide bonds. The number of methoxy groups -OCH3 is 1. The predicted molar refractivity (Wildman–Crippen MR) is 66.6 cm³/mol. The summed E-state index contributed by atoms with van der Waals surface area (Å²) in [5.41, 5.74) is 2.78. The van der Waals surface area contributed by atoms with Crippen molar-refractivity contribution in [3.63, 3.8) is 0 Å². The lowest BCUT2D eigenvalue weighted by Gasteiger charge is -2.13. The van der Waals surface area contributed by atoms with Gasteiger partial charge in [0.05, 0.1) is 6.10 Å². The Balaban J connectivity index is 1.98. The smallest absolute Gasteiger partial charge is 0.0583 e. The Morgan fingerprint density at radius 2 is 2.12 bits per heavy atom. The Morgan fingerprint density at radius 1 is 1.38 bits per heavy atom. The molecule has 1 N–H and O–H groups in total. The molecule has 1 aromatic rings. The molecule has 0 aromatic heterocycles. The summed E-state index contributed by atoms with van der Waals surface area (Å²) in [7, 11) is 1.77. The minimum Gasteiger partial charge on any atom is -0.381 e. The number of hydrogen-bond acceptors (Lipinski definition) is 2. The summed E-state index contributed by atoms with van der Waals surface area (Å²) in [6.07, 6.45) is 3.87. The van der Waals surface area contributed by atoms with E-state index in [0.29, 0.717) is 12.1 Å². The van der Waals surface area contributed by atoms with Crippen LogP contribution in [0.15, 0.2) is 24.3 Å². The number of benzene rings is 1. The molecule has 1 heterocycles. The fourth-order valence-electron chi connectivity index (χ4n) is 2.27. The van der Waals surface area contributed by atoms with Gasteiger partial charge in [0.1, 0.15) is 0 Å². The number of nitrogens with one attached hydrogen (secondary N) is 1. The van der Waals surface area contributed by atoms with Crippen LogP contribution in [0, 0.1) is 0 Å². The van der Waals surface area contributed by atoms with E-state index < -0.39 is 0 Å². The van der Waals surface area contributed by atoms with Gasteiger partial charge in [-0.05, 0) is 43.9 Å². The van der Waals surface area contributed by atoms with Crippen molar-refractivity contribution in [3.8, 4) is 0 Å². The first kappa shape index (κ1) is 11.6. The molecule has 1 fully saturated rings. The predicted octanol–water partition coefficient (Wildman–Crippen LogP) is 2.69. The van der Waals surface area contributed by atoms with Crippen LogP contribution in [0.4, 0.5) is 0 Å². The van der Waals surface area contributed by atoms with Crippen molar-refractivity contribution in [3.05, 3.63) is 35.4 Å². The van der Waals surface area contributed by atoms with Crippen LogP contribution in [0.5, 0.6) is 0 Å². The van der Waals surface area contributed by atoms with Crippen LogP contribution in [0.3, 0.4) is 0 Å². The summed E-state index contributed by atoms with van der Waals surface area (Å²) in [6, 6.07) is 9.53. The van der Waals surface area contributed by atoms with Gasteiger partial charge in [-0.25, -0.2) is 0 Å². The van der Waals surface area contributed by atoms with Gasteiger partial charge in [0.15, 0.2) is 0 Å². The maximum atomic E-state index is 5.27. The zero-order valence-electron chi connectivity index (χ0n) is 10.2. The van der Waals surface area contributed by atoms with E-state index >= 15 is 0 Å². The summed E-state index contributed by atoms with van der Waals surface area (Å²) < 4.78 is 5.27. The van der Waals surface area contributed by atoms with E-state index in [9.17, 15) is 0 Å². The fourth-order valence-corrected chi connectivity index (χ4v) is 2.27. The first-order chi connectivity index (χ1) is 7.79. The van der Waals surface area contributed by atoms with Gasteiger partial charge < -0.3 is 10.1 Å². The highest BCUT2D eigenvalue weighted by atomic mass is 16.5. The standard InChI is InChI=1S/C14H21NO/c1-11(16-2)10-12-5-7-13(8-6-12)14-4-3-9-15-14/h5-8,11,14-15H,3-4,9-10H2,1-2H3. The molecule has 0 spiro atoms. The third-order valence-electron chi connectivity index (χ3n) is 3.37. The van der Waals surface area contributed by atoms with E-state index in [1.54, 1.807) is 7.11 Å². The molecule has 1 aliphatic rings. The number of ether oxygens (including phenoxy) is 1. The molecule has 1 aromatic carbocycles. The Kier molecular flexibility index (Phi) is 3.97. The van der Waals surface area contributed by atoms with Gasteiger partial charge in [0.25, 0.3) is 0 Å². The van der Waals surface area contributed by atoms with Gasteiger partial charge in [0.2, 0.25) is 0 Å². The van der Waals surface area contributed by atoms with E-state index in [2.05, 4.69) is 36.5 Å². The monoisotopic (exact) mass is 219 g/mol. The molecule has 2 unspecified atom stereocenters. The molecule has 1 saturated heterocycles. The number of rotatable bonds is 4. The topological polar surface area (TPSA) is 21.3 Å². The normalized spacial score (nSPS) is 22.2. The van der Waals surface area contributed by atoms with Crippen molar-refractivity contribution in [1.29, 1.82) is 0 Å². The van der Waals surface area contributed by atoms with Crippen LogP contribution >= 0.6 is 0 Å². The quantitative estimate of drug-likeness (QED) is 0.840. The highest BCUT2D eigenvalue weighted by Gasteiger charge is 2.15. The highest BCUT2D eigenvalue weighted by Crippen LogP contribution is 2.23. The average Bonchev–Trinajstić information content (AvgIpc) is 2.83. The zero-order chi connectivity index (χ0) is 11.4. The van der Waals surface area contributed by atoms with Crippen molar-refractivity contribution in [2.45, 2.75) is 38.3 Å². The minimum absolute atomic E-state index is 0.301. The second kappa shape index (κ2) is 5.46. The third kappa shape index (κ3) is 2.83. The lowest BCUT2D eigenvalue weighted by Crippen LogP contribution is -2.13. The first-order valence-corrected chi connectivity index (χ1v) is 6.14. The van der Waals surface area contributed by atoms with Gasteiger partial charge in [-0.2, -0.15) is 0 Å². The van der Waals surface area contributed by atoms with Gasteiger partial charge >= 0.3 is 0 Å². The SMILES string of the molecule is COC(C)Cc1ccc(C2CCCN2)cc1. The van der Waals surface area contributed by atoms with E-state index in [1.165, 1.54) is 24.0 Å². The van der Waals surface area contributed by atoms with E-state index in [4.69, 9.17) is 4.74 Å². The molecule has 2 rings (SSSR count). The van der Waals surface area contributed by atoms with Crippen LogP contribution in [-0.2, 0) is 11.2 Å². The highest BCUT2D eigenvalue weighted by molar-refractivity contribution is 5.26. The molecule has 2 heteroatoms. The summed E-state index contributed by atoms with van der Waals surface area (Å²) in [5, 5.41) is 3.52. The van der Waals surface area contributed by atoms with E-state index in [1.807, 2.05) is 0 Å². The molecule has 0 aliphatic carbocycles. The maximum absolute atomic E-state index is 5.27. The first-order valence-electron chi connectivity index (χ1n) is 6.14. The third-order valence-corrected chi connectivity index (χ3v) is 3.37. The molecule has 1 aliphatic heterocycles. The second-order valence-electron chi connectivity index (χ2n) is 4.64. The lowest BCUT2D eigenvalue weighted by molar-refractivity contribution is 0.119. The van der Waals surface area contributed by atoms with Gasteiger partial charge in [-0.1, -0.05) is 24.3 Å². The van der Waals surface area contributed by atoms with Crippen LogP contribution in [0.2, 0.25) is 0 Å². The zero-order valence-corrected chi connectivity index (χ0v) is 10.2. The second-order valence-corrected chi connectivity index (χ2v) is 4.64. The van der Waals surface area contributed by atoms with Crippen molar-refractivity contribution in [2.75, 3.05) is 13.7 Å². The summed E-state index contributed by atoms with van der Waals surface area (Å²) in [6.45, 7) is 3.26. The Labute approximate surface area is 98.0 Å². The van der Waals surface area contributed by atoms with Gasteiger partial charge in [-0.3, -0.25) is 0 Å². The molecule has 0 radical (unpaired) electrons. The number of hydrogen-bond donors (Lipinski definition) is 1. The van der Waals surface area contributed by atoms with Crippen LogP contribution in [-0.4, -0.2) is 19.8 Å². The molecule has 16 heavy (non-hydrogen) atoms. The Bertz CT molecular complexity index is 314. The molecular weight excluding hydrogens is 198 g/mol. The minimum atomic E-state index is 0.301. The maximum Gasteiger partial charge on any atom is 0.0583 e. The largest absolute Gasteiger partial charge is 0.381 e. The van der Waals surface area contributed by atoms with Gasteiger partial charge in [-0.15, -0.1) is 0 Å². The Morgan fingerprint density at radius 3 is 2.69 bits per heavy atom. The van der Waals surface area contributed by atoms with Crippen LogP contribution in [0.1, 0.15) is 36.9 Å².